The lowest BCUT2D eigenvalue weighted by Gasteiger charge is -2.12. The molecule has 2 aromatic heterocycles. The van der Waals surface area contributed by atoms with Crippen LogP contribution in [0.5, 0.6) is 0 Å². The van der Waals surface area contributed by atoms with Crippen LogP contribution in [-0.2, 0) is 0 Å². The predicted molar refractivity (Wildman–Crippen MR) is 109 cm³/mol. The molecule has 0 amide bonds. The SMILES string of the molecule is [c]1ccc(-n2c(-c3ccccc3)c(-c3cscn3)c3ccccc32)cc1. The Labute approximate surface area is 156 Å². The van der Waals surface area contributed by atoms with E-state index in [2.05, 4.69) is 87.7 Å². The summed E-state index contributed by atoms with van der Waals surface area (Å²) in [7, 11) is 0. The van der Waals surface area contributed by atoms with Crippen molar-refractivity contribution in [2.45, 2.75) is 0 Å². The van der Waals surface area contributed by atoms with Crippen LogP contribution in [0.3, 0.4) is 0 Å². The molecule has 123 valence electrons. The van der Waals surface area contributed by atoms with Crippen molar-refractivity contribution >= 4 is 22.2 Å². The Hall–Kier alpha value is -3.17. The van der Waals surface area contributed by atoms with Gasteiger partial charge in [-0.1, -0.05) is 60.7 Å². The summed E-state index contributed by atoms with van der Waals surface area (Å²) in [4.78, 5) is 4.63. The van der Waals surface area contributed by atoms with Gasteiger partial charge in [0.25, 0.3) is 0 Å². The second-order valence-electron chi connectivity index (χ2n) is 6.07. The van der Waals surface area contributed by atoms with Crippen LogP contribution in [0.1, 0.15) is 0 Å². The average molecular weight is 351 g/mol. The summed E-state index contributed by atoms with van der Waals surface area (Å²) in [5.74, 6) is 0. The maximum atomic E-state index is 4.63. The van der Waals surface area contributed by atoms with Crippen LogP contribution in [0, 0.1) is 6.07 Å². The van der Waals surface area contributed by atoms with Crippen molar-refractivity contribution < 1.29 is 0 Å². The Bertz CT molecular complexity index is 1160. The number of thiazole rings is 1. The summed E-state index contributed by atoms with van der Waals surface area (Å²) >= 11 is 1.63. The maximum absolute atomic E-state index is 4.63. The number of benzene rings is 3. The van der Waals surface area contributed by atoms with Crippen molar-refractivity contribution in [1.82, 2.24) is 9.55 Å². The quantitative estimate of drug-likeness (QED) is 0.377. The third-order valence-corrected chi connectivity index (χ3v) is 5.16. The fourth-order valence-corrected chi connectivity index (χ4v) is 4.04. The van der Waals surface area contributed by atoms with Gasteiger partial charge in [0.15, 0.2) is 0 Å². The molecule has 0 aliphatic carbocycles. The van der Waals surface area contributed by atoms with Crippen molar-refractivity contribution in [3.63, 3.8) is 0 Å². The molecule has 0 saturated heterocycles. The zero-order valence-electron chi connectivity index (χ0n) is 14.0. The fourth-order valence-electron chi connectivity index (χ4n) is 3.50. The molecule has 0 unspecified atom stereocenters. The van der Waals surface area contributed by atoms with Gasteiger partial charge in [-0.3, -0.25) is 0 Å². The molecule has 1 radical (unpaired) electrons. The molecule has 0 aliphatic rings. The van der Waals surface area contributed by atoms with E-state index >= 15 is 0 Å². The minimum Gasteiger partial charge on any atom is -0.309 e. The molecule has 5 aromatic rings. The van der Waals surface area contributed by atoms with Gasteiger partial charge >= 0.3 is 0 Å². The highest BCUT2D eigenvalue weighted by molar-refractivity contribution is 7.07. The molecule has 2 nitrogen and oxygen atoms in total. The van der Waals surface area contributed by atoms with Crippen LogP contribution in [0.15, 0.2) is 89.8 Å². The number of aromatic nitrogens is 2. The average Bonchev–Trinajstić information content (AvgIpc) is 3.35. The summed E-state index contributed by atoms with van der Waals surface area (Å²) in [5.41, 5.74) is 8.75. The largest absolute Gasteiger partial charge is 0.309 e. The molecule has 5 rings (SSSR count). The van der Waals surface area contributed by atoms with Gasteiger partial charge in [-0.05, 0) is 29.8 Å². The zero-order chi connectivity index (χ0) is 17.3. The highest BCUT2D eigenvalue weighted by Gasteiger charge is 2.21. The number of hydrogen-bond donors (Lipinski definition) is 0. The molecule has 0 fully saturated rings. The van der Waals surface area contributed by atoms with Crippen LogP contribution in [-0.4, -0.2) is 9.55 Å². The van der Waals surface area contributed by atoms with Crippen molar-refractivity contribution in [2.75, 3.05) is 0 Å². The van der Waals surface area contributed by atoms with Crippen LogP contribution < -0.4 is 0 Å². The molecular weight excluding hydrogens is 336 g/mol. The van der Waals surface area contributed by atoms with Crippen molar-refractivity contribution in [1.29, 1.82) is 0 Å². The first-order valence-corrected chi connectivity index (χ1v) is 9.41. The molecule has 0 spiro atoms. The number of para-hydroxylation sites is 1. The van der Waals surface area contributed by atoms with Crippen LogP contribution in [0.2, 0.25) is 0 Å². The summed E-state index contributed by atoms with van der Waals surface area (Å²) < 4.78 is 2.33. The molecule has 3 heteroatoms. The van der Waals surface area contributed by atoms with Crippen LogP contribution >= 0.6 is 11.3 Å². The molecular formula is C23H15N2S. The molecule has 0 bridgehead atoms. The Morgan fingerprint density at radius 2 is 1.62 bits per heavy atom. The van der Waals surface area contributed by atoms with Crippen LogP contribution in [0.4, 0.5) is 0 Å². The van der Waals surface area contributed by atoms with Gasteiger partial charge in [-0.2, -0.15) is 0 Å². The summed E-state index contributed by atoms with van der Waals surface area (Å²) in [6, 6.07) is 30.3. The second kappa shape index (κ2) is 6.28. The molecule has 3 aromatic carbocycles. The van der Waals surface area contributed by atoms with E-state index in [0.717, 1.165) is 11.4 Å². The van der Waals surface area contributed by atoms with Crippen LogP contribution in [0.25, 0.3) is 39.1 Å². The number of rotatable bonds is 3. The summed E-state index contributed by atoms with van der Waals surface area (Å²) in [6.07, 6.45) is 0. The highest BCUT2D eigenvalue weighted by Crippen LogP contribution is 2.42. The van der Waals surface area contributed by atoms with E-state index < -0.39 is 0 Å². The Kier molecular flexibility index (Phi) is 3.65. The lowest BCUT2D eigenvalue weighted by molar-refractivity contribution is 1.13. The second-order valence-corrected chi connectivity index (χ2v) is 6.79. The zero-order valence-corrected chi connectivity index (χ0v) is 14.8. The number of fused-ring (bicyclic) bond motifs is 1. The van der Waals surface area contributed by atoms with Crippen molar-refractivity contribution in [3.8, 4) is 28.2 Å². The van der Waals surface area contributed by atoms with Gasteiger partial charge in [0.2, 0.25) is 0 Å². The maximum Gasteiger partial charge on any atom is 0.0839 e. The Balaban J connectivity index is 1.97. The van der Waals surface area contributed by atoms with Gasteiger partial charge in [0, 0.05) is 22.0 Å². The van der Waals surface area contributed by atoms with Gasteiger partial charge in [0.1, 0.15) is 0 Å². The van der Waals surface area contributed by atoms with Gasteiger partial charge in [-0.15, -0.1) is 11.3 Å². The normalized spacial score (nSPS) is 11.1. The van der Waals surface area contributed by atoms with E-state index in [1.165, 1.54) is 27.7 Å². The van der Waals surface area contributed by atoms with Crippen molar-refractivity contribution in [2.24, 2.45) is 0 Å². The molecule has 0 N–H and O–H groups in total. The third-order valence-electron chi connectivity index (χ3n) is 4.57. The molecule has 0 atom stereocenters. The summed E-state index contributed by atoms with van der Waals surface area (Å²) in [6.45, 7) is 0. The number of hydrogen-bond acceptors (Lipinski definition) is 2. The standard InChI is InChI=1S/C23H15N2S/c1-3-9-17(10-4-1)23-22(20-15-26-16-24-20)19-13-7-8-14-21(19)25(23)18-11-5-2-6-12-18/h1,3-16H. The van der Waals surface area contributed by atoms with E-state index in [0.29, 0.717) is 0 Å². The smallest absolute Gasteiger partial charge is 0.0839 e. The van der Waals surface area contributed by atoms with Gasteiger partial charge in [0.05, 0.1) is 22.4 Å². The lowest BCUT2D eigenvalue weighted by atomic mass is 10.0. The monoisotopic (exact) mass is 351 g/mol. The summed E-state index contributed by atoms with van der Waals surface area (Å²) in [5, 5.41) is 3.34. The van der Waals surface area contributed by atoms with E-state index in [1.807, 2.05) is 17.6 Å². The van der Waals surface area contributed by atoms with E-state index in [-0.39, 0.29) is 0 Å². The molecule has 26 heavy (non-hydrogen) atoms. The van der Waals surface area contributed by atoms with E-state index in [1.54, 1.807) is 11.3 Å². The van der Waals surface area contributed by atoms with Crippen molar-refractivity contribution in [3.05, 3.63) is 95.8 Å². The fraction of sp³-hybridized carbons (Fsp3) is 0. The van der Waals surface area contributed by atoms with E-state index in [9.17, 15) is 0 Å². The Morgan fingerprint density at radius 1 is 0.846 bits per heavy atom. The molecule has 0 saturated carbocycles. The molecule has 2 heterocycles. The van der Waals surface area contributed by atoms with Gasteiger partial charge in [-0.25, -0.2) is 4.98 Å². The Morgan fingerprint density at radius 3 is 2.38 bits per heavy atom. The molecule has 0 aliphatic heterocycles. The first-order valence-electron chi connectivity index (χ1n) is 8.47. The first kappa shape index (κ1) is 15.1. The highest BCUT2D eigenvalue weighted by atomic mass is 32.1. The topological polar surface area (TPSA) is 17.8 Å². The number of nitrogens with zero attached hydrogens (tertiary/aromatic N) is 2. The van der Waals surface area contributed by atoms with Gasteiger partial charge < -0.3 is 4.57 Å². The van der Waals surface area contributed by atoms with E-state index in [4.69, 9.17) is 0 Å². The third kappa shape index (κ3) is 2.37. The predicted octanol–water partition coefficient (Wildman–Crippen LogP) is 6.22. The lowest BCUT2D eigenvalue weighted by Crippen LogP contribution is -1.97. The first-order chi connectivity index (χ1) is 12.9. The minimum atomic E-state index is 1.02. The minimum absolute atomic E-state index is 1.02.